The largest absolute Gasteiger partial charge is 0.358 e. The molecule has 0 aliphatic carbocycles. The molecule has 0 bridgehead atoms. The van der Waals surface area contributed by atoms with Crippen LogP contribution in [0, 0.1) is 13.8 Å². The molecular weight excluding hydrogens is 288 g/mol. The molecule has 2 aromatic carbocycles. The fourth-order valence-electron chi connectivity index (χ4n) is 2.65. The van der Waals surface area contributed by atoms with E-state index in [2.05, 4.69) is 10.3 Å². The van der Waals surface area contributed by atoms with E-state index in [1.54, 1.807) is 6.92 Å². The summed E-state index contributed by atoms with van der Waals surface area (Å²) < 4.78 is 0. The maximum absolute atomic E-state index is 12.5. The summed E-state index contributed by atoms with van der Waals surface area (Å²) in [4.78, 5) is 27.8. The van der Waals surface area contributed by atoms with Crippen molar-refractivity contribution in [3.05, 3.63) is 70.9 Å². The summed E-state index contributed by atoms with van der Waals surface area (Å²) in [7, 11) is 0. The Bertz CT molecular complexity index is 876. The highest BCUT2D eigenvalue weighted by atomic mass is 16.2. The van der Waals surface area contributed by atoms with Gasteiger partial charge in [0, 0.05) is 23.1 Å². The van der Waals surface area contributed by atoms with Gasteiger partial charge >= 0.3 is 0 Å². The lowest BCUT2D eigenvalue weighted by Crippen LogP contribution is -2.30. The van der Waals surface area contributed by atoms with Gasteiger partial charge in [-0.3, -0.25) is 9.59 Å². The highest BCUT2D eigenvalue weighted by Crippen LogP contribution is 2.22. The second-order valence-electron chi connectivity index (χ2n) is 5.67. The van der Waals surface area contributed by atoms with Crippen LogP contribution < -0.4 is 5.32 Å². The summed E-state index contributed by atoms with van der Waals surface area (Å²) in [5, 5.41) is 3.47. The van der Waals surface area contributed by atoms with E-state index >= 15 is 0 Å². The Labute approximate surface area is 134 Å². The Balaban J connectivity index is 1.77. The number of carbonyl (C=O) groups excluding carboxylic acids is 2. The number of hydrogen-bond donors (Lipinski definition) is 2. The van der Waals surface area contributed by atoms with Crippen molar-refractivity contribution >= 4 is 22.6 Å². The lowest BCUT2D eigenvalue weighted by molar-refractivity contribution is -0.117. The van der Waals surface area contributed by atoms with E-state index < -0.39 is 11.7 Å². The molecule has 0 fully saturated rings. The molecule has 3 aromatic rings. The van der Waals surface area contributed by atoms with Gasteiger partial charge in [0.1, 0.15) is 0 Å². The van der Waals surface area contributed by atoms with Crippen molar-refractivity contribution in [1.29, 1.82) is 0 Å². The number of nitrogens with one attached hydrogen (secondary N) is 2. The topological polar surface area (TPSA) is 62.0 Å². The number of Topliss-reactive ketones (excluding diaryl/α,β-unsaturated/α-hetero) is 1. The summed E-state index contributed by atoms with van der Waals surface area (Å²) >= 11 is 0. The Morgan fingerprint density at radius 3 is 2.43 bits per heavy atom. The zero-order valence-corrected chi connectivity index (χ0v) is 13.1. The number of fused-ring (bicyclic) bond motifs is 1. The first-order valence-electron chi connectivity index (χ1n) is 7.51. The zero-order chi connectivity index (χ0) is 16.4. The first kappa shape index (κ1) is 15.0. The van der Waals surface area contributed by atoms with Gasteiger partial charge in [0.15, 0.2) is 0 Å². The van der Waals surface area contributed by atoms with Crippen molar-refractivity contribution < 1.29 is 9.59 Å². The third-order valence-corrected chi connectivity index (χ3v) is 3.90. The summed E-state index contributed by atoms with van der Waals surface area (Å²) in [6.07, 6.45) is 0. The number of amides is 1. The van der Waals surface area contributed by atoms with Crippen LogP contribution in [-0.2, 0) is 11.3 Å². The van der Waals surface area contributed by atoms with Gasteiger partial charge < -0.3 is 10.3 Å². The summed E-state index contributed by atoms with van der Waals surface area (Å²) in [5.41, 5.74) is 4.14. The molecule has 1 amide bonds. The second-order valence-corrected chi connectivity index (χ2v) is 5.67. The Morgan fingerprint density at radius 2 is 1.70 bits per heavy atom. The molecule has 0 saturated heterocycles. The van der Waals surface area contributed by atoms with Gasteiger partial charge in [0.2, 0.25) is 0 Å². The van der Waals surface area contributed by atoms with E-state index in [4.69, 9.17) is 0 Å². The molecule has 0 aliphatic rings. The van der Waals surface area contributed by atoms with E-state index in [1.807, 2.05) is 55.5 Å². The number of para-hydroxylation sites is 1. The number of aromatic nitrogens is 1. The molecule has 116 valence electrons. The third kappa shape index (κ3) is 3.01. The molecule has 0 aliphatic heterocycles. The van der Waals surface area contributed by atoms with Crippen LogP contribution in [0.1, 0.15) is 27.2 Å². The van der Waals surface area contributed by atoms with Gasteiger partial charge in [-0.1, -0.05) is 48.0 Å². The maximum atomic E-state index is 12.5. The van der Waals surface area contributed by atoms with Crippen molar-refractivity contribution in [3.8, 4) is 0 Å². The minimum atomic E-state index is -0.585. The van der Waals surface area contributed by atoms with Crippen LogP contribution in [0.3, 0.4) is 0 Å². The second kappa shape index (κ2) is 6.08. The molecule has 0 spiro atoms. The standard InChI is InChI=1S/C19H18N2O2/c1-12-7-9-14(10-8-12)11-20-19(23)18(22)17-13(2)21-16-6-4-3-5-15(16)17/h3-10,21H,11H2,1-2H3,(H,20,23). The zero-order valence-electron chi connectivity index (χ0n) is 13.1. The molecule has 3 rings (SSSR count). The van der Waals surface area contributed by atoms with E-state index in [0.29, 0.717) is 17.8 Å². The molecule has 0 saturated carbocycles. The number of rotatable bonds is 4. The van der Waals surface area contributed by atoms with E-state index in [-0.39, 0.29) is 0 Å². The van der Waals surface area contributed by atoms with Crippen LogP contribution in [0.4, 0.5) is 0 Å². The average Bonchev–Trinajstić information content (AvgIpc) is 2.89. The van der Waals surface area contributed by atoms with Gasteiger partial charge in [-0.05, 0) is 25.5 Å². The fourth-order valence-corrected chi connectivity index (χ4v) is 2.65. The number of aryl methyl sites for hydroxylation is 2. The molecule has 0 radical (unpaired) electrons. The molecule has 0 atom stereocenters. The van der Waals surface area contributed by atoms with Gasteiger partial charge in [0.25, 0.3) is 11.7 Å². The van der Waals surface area contributed by atoms with Crippen LogP contribution in [-0.4, -0.2) is 16.7 Å². The molecule has 1 heterocycles. The lowest BCUT2D eigenvalue weighted by atomic mass is 10.1. The predicted octanol–water partition coefficient (Wildman–Crippen LogP) is 3.28. The molecule has 2 N–H and O–H groups in total. The first-order chi connectivity index (χ1) is 11.1. The van der Waals surface area contributed by atoms with Crippen LogP contribution in [0.25, 0.3) is 10.9 Å². The lowest BCUT2D eigenvalue weighted by Gasteiger charge is -2.05. The molecule has 0 unspecified atom stereocenters. The Hall–Kier alpha value is -2.88. The monoisotopic (exact) mass is 306 g/mol. The quantitative estimate of drug-likeness (QED) is 0.574. The molecule has 1 aromatic heterocycles. The van der Waals surface area contributed by atoms with Crippen LogP contribution in [0.5, 0.6) is 0 Å². The molecule has 4 heteroatoms. The Morgan fingerprint density at radius 1 is 1.00 bits per heavy atom. The first-order valence-corrected chi connectivity index (χ1v) is 7.51. The average molecular weight is 306 g/mol. The SMILES string of the molecule is Cc1ccc(CNC(=O)C(=O)c2c(C)[nH]c3ccccc23)cc1. The number of aromatic amines is 1. The smallest absolute Gasteiger partial charge is 0.292 e. The minimum absolute atomic E-state index is 0.340. The number of ketones is 1. The van der Waals surface area contributed by atoms with E-state index in [9.17, 15) is 9.59 Å². The van der Waals surface area contributed by atoms with Gasteiger partial charge in [0.05, 0.1) is 5.56 Å². The summed E-state index contributed by atoms with van der Waals surface area (Å²) in [6, 6.07) is 15.3. The van der Waals surface area contributed by atoms with Gasteiger partial charge in [-0.25, -0.2) is 0 Å². The number of carbonyl (C=O) groups is 2. The predicted molar refractivity (Wildman–Crippen MR) is 90.4 cm³/mol. The fraction of sp³-hybridized carbons (Fsp3) is 0.158. The van der Waals surface area contributed by atoms with E-state index in [1.165, 1.54) is 0 Å². The van der Waals surface area contributed by atoms with Crippen molar-refractivity contribution in [2.75, 3.05) is 0 Å². The van der Waals surface area contributed by atoms with Crippen LogP contribution in [0.15, 0.2) is 48.5 Å². The summed E-state index contributed by atoms with van der Waals surface area (Å²) in [5.74, 6) is -1.09. The maximum Gasteiger partial charge on any atom is 0.292 e. The number of benzene rings is 2. The van der Waals surface area contributed by atoms with Crippen molar-refractivity contribution in [2.45, 2.75) is 20.4 Å². The van der Waals surface area contributed by atoms with Crippen molar-refractivity contribution in [1.82, 2.24) is 10.3 Å². The van der Waals surface area contributed by atoms with Crippen molar-refractivity contribution in [3.63, 3.8) is 0 Å². The van der Waals surface area contributed by atoms with Crippen LogP contribution >= 0.6 is 0 Å². The highest BCUT2D eigenvalue weighted by molar-refractivity contribution is 6.45. The van der Waals surface area contributed by atoms with Crippen LogP contribution in [0.2, 0.25) is 0 Å². The third-order valence-electron chi connectivity index (χ3n) is 3.90. The highest BCUT2D eigenvalue weighted by Gasteiger charge is 2.22. The molecule has 4 nitrogen and oxygen atoms in total. The molecular formula is C19H18N2O2. The van der Waals surface area contributed by atoms with Gasteiger partial charge in [-0.15, -0.1) is 0 Å². The summed E-state index contributed by atoms with van der Waals surface area (Å²) in [6.45, 7) is 4.15. The van der Waals surface area contributed by atoms with E-state index in [0.717, 1.165) is 22.0 Å². The number of hydrogen-bond acceptors (Lipinski definition) is 2. The number of H-pyrrole nitrogens is 1. The minimum Gasteiger partial charge on any atom is -0.358 e. The normalized spacial score (nSPS) is 10.7. The van der Waals surface area contributed by atoms with Crippen molar-refractivity contribution in [2.24, 2.45) is 0 Å². The Kier molecular flexibility index (Phi) is 3.98. The van der Waals surface area contributed by atoms with Gasteiger partial charge in [-0.2, -0.15) is 0 Å². The molecule has 23 heavy (non-hydrogen) atoms.